The topological polar surface area (TPSA) is 44.8 Å². The predicted octanol–water partition coefficient (Wildman–Crippen LogP) is 6.06. The first-order valence-corrected chi connectivity index (χ1v) is 10.5. The van der Waals surface area contributed by atoms with Crippen LogP contribution in [0.2, 0.25) is 0 Å². The highest BCUT2D eigenvalue weighted by Crippen LogP contribution is 2.47. The Morgan fingerprint density at radius 3 is 2.43 bits per heavy atom. The Bertz CT molecular complexity index is 1210. The van der Waals surface area contributed by atoms with E-state index in [-0.39, 0.29) is 0 Å². The van der Waals surface area contributed by atoms with E-state index in [4.69, 9.17) is 14.2 Å². The van der Waals surface area contributed by atoms with Gasteiger partial charge < -0.3 is 14.2 Å². The maximum atomic E-state index is 11.3. The third-order valence-corrected chi connectivity index (χ3v) is 5.90. The zero-order valence-electron chi connectivity index (χ0n) is 16.0. The molecule has 5 rings (SSSR count). The van der Waals surface area contributed by atoms with Gasteiger partial charge in [0.15, 0.2) is 0 Å². The second kappa shape index (κ2) is 8.13. The van der Waals surface area contributed by atoms with E-state index in [1.54, 1.807) is 17.8 Å². The van der Waals surface area contributed by atoms with Crippen molar-refractivity contribution in [3.63, 3.8) is 0 Å². The molecule has 0 N–H and O–H groups in total. The standard InChI is InChI=1S/C25H18O4S/c26-15-28-23-13-21(27-14-17-7-3-1-4-8-17)19-11-22-24(30-16-29-22)12-20(19)25(23)18-9-5-2-6-10-18/h1-13,15H,14,16H2. The summed E-state index contributed by atoms with van der Waals surface area (Å²) in [6, 6.07) is 25.8. The molecule has 0 fully saturated rings. The number of carbonyl (C=O) groups excluding carboxylic acids is 1. The molecule has 4 aromatic rings. The average Bonchev–Trinajstić information content (AvgIpc) is 3.25. The molecular formula is C25H18O4S. The van der Waals surface area contributed by atoms with Gasteiger partial charge in [0, 0.05) is 17.0 Å². The van der Waals surface area contributed by atoms with E-state index in [0.29, 0.717) is 30.5 Å². The SMILES string of the molecule is O=COc1cc(OCc2ccccc2)c2cc3c(cc2c1-c1ccccc1)SCO3. The molecule has 1 aliphatic heterocycles. The van der Waals surface area contributed by atoms with Crippen LogP contribution in [0.5, 0.6) is 17.2 Å². The normalized spacial score (nSPS) is 12.3. The van der Waals surface area contributed by atoms with Crippen molar-refractivity contribution in [1.82, 2.24) is 0 Å². The lowest BCUT2D eigenvalue weighted by Gasteiger charge is -2.17. The molecule has 0 atom stereocenters. The third-order valence-electron chi connectivity index (χ3n) is 5.03. The van der Waals surface area contributed by atoms with Crippen molar-refractivity contribution in [2.75, 3.05) is 5.94 Å². The van der Waals surface area contributed by atoms with Gasteiger partial charge in [-0.15, -0.1) is 0 Å². The van der Waals surface area contributed by atoms with Crippen LogP contribution in [0.15, 0.2) is 83.8 Å². The van der Waals surface area contributed by atoms with Crippen LogP contribution in [0.4, 0.5) is 0 Å². The van der Waals surface area contributed by atoms with Gasteiger partial charge in [-0.2, -0.15) is 0 Å². The molecule has 4 nitrogen and oxygen atoms in total. The summed E-state index contributed by atoms with van der Waals surface area (Å²) in [7, 11) is 0. The lowest BCUT2D eigenvalue weighted by atomic mass is 9.96. The summed E-state index contributed by atoms with van der Waals surface area (Å²) in [6.07, 6.45) is 0. The van der Waals surface area contributed by atoms with Gasteiger partial charge in [0.1, 0.15) is 29.8 Å². The first-order chi connectivity index (χ1) is 14.8. The minimum Gasteiger partial charge on any atom is -0.488 e. The predicted molar refractivity (Wildman–Crippen MR) is 118 cm³/mol. The van der Waals surface area contributed by atoms with Gasteiger partial charge in [-0.05, 0) is 28.6 Å². The Labute approximate surface area is 178 Å². The Morgan fingerprint density at radius 2 is 1.67 bits per heavy atom. The summed E-state index contributed by atoms with van der Waals surface area (Å²) in [5, 5.41) is 1.88. The largest absolute Gasteiger partial charge is 0.488 e. The van der Waals surface area contributed by atoms with Gasteiger partial charge in [-0.25, -0.2) is 0 Å². The minimum absolute atomic E-state index is 0.411. The zero-order valence-corrected chi connectivity index (χ0v) is 16.9. The number of fused-ring (bicyclic) bond motifs is 2. The lowest BCUT2D eigenvalue weighted by Crippen LogP contribution is -1.99. The Kier molecular flexibility index (Phi) is 5.03. The van der Waals surface area contributed by atoms with E-state index in [9.17, 15) is 4.79 Å². The average molecular weight is 414 g/mol. The minimum atomic E-state index is 0.411. The molecule has 1 heterocycles. The Hall–Kier alpha value is -3.44. The van der Waals surface area contributed by atoms with Crippen LogP contribution >= 0.6 is 11.8 Å². The van der Waals surface area contributed by atoms with Crippen LogP contribution in [0.1, 0.15) is 5.56 Å². The van der Waals surface area contributed by atoms with Crippen LogP contribution < -0.4 is 14.2 Å². The number of hydrogen-bond acceptors (Lipinski definition) is 5. The number of benzene rings is 4. The Balaban J connectivity index is 1.71. The molecule has 0 bridgehead atoms. The van der Waals surface area contributed by atoms with Crippen LogP contribution in [-0.2, 0) is 11.4 Å². The van der Waals surface area contributed by atoms with E-state index >= 15 is 0 Å². The van der Waals surface area contributed by atoms with Crippen molar-refractivity contribution in [3.8, 4) is 28.4 Å². The molecule has 0 saturated heterocycles. The van der Waals surface area contributed by atoms with Gasteiger partial charge >= 0.3 is 0 Å². The Morgan fingerprint density at radius 1 is 0.900 bits per heavy atom. The number of carbonyl (C=O) groups is 1. The van der Waals surface area contributed by atoms with E-state index < -0.39 is 0 Å². The maximum absolute atomic E-state index is 11.3. The fourth-order valence-corrected chi connectivity index (χ4v) is 4.43. The summed E-state index contributed by atoms with van der Waals surface area (Å²) in [5.74, 6) is 2.55. The van der Waals surface area contributed by atoms with Crippen molar-refractivity contribution < 1.29 is 19.0 Å². The summed E-state index contributed by atoms with van der Waals surface area (Å²) < 4.78 is 17.4. The highest BCUT2D eigenvalue weighted by atomic mass is 32.2. The van der Waals surface area contributed by atoms with Gasteiger partial charge in [-0.1, -0.05) is 72.4 Å². The molecule has 5 heteroatoms. The van der Waals surface area contributed by atoms with E-state index in [2.05, 4.69) is 6.07 Å². The van der Waals surface area contributed by atoms with Gasteiger partial charge in [-0.3, -0.25) is 4.79 Å². The zero-order chi connectivity index (χ0) is 20.3. The molecule has 0 saturated carbocycles. The molecule has 0 radical (unpaired) electrons. The van der Waals surface area contributed by atoms with Crippen molar-refractivity contribution in [3.05, 3.63) is 84.4 Å². The number of hydrogen-bond donors (Lipinski definition) is 0. The van der Waals surface area contributed by atoms with Crippen molar-refractivity contribution in [2.24, 2.45) is 0 Å². The van der Waals surface area contributed by atoms with E-state index in [1.165, 1.54) is 0 Å². The van der Waals surface area contributed by atoms with Gasteiger partial charge in [0.05, 0.1) is 4.90 Å². The van der Waals surface area contributed by atoms with Crippen molar-refractivity contribution in [2.45, 2.75) is 11.5 Å². The first-order valence-electron chi connectivity index (χ1n) is 9.56. The molecular weight excluding hydrogens is 396 g/mol. The molecule has 1 aliphatic rings. The van der Waals surface area contributed by atoms with Crippen LogP contribution in [-0.4, -0.2) is 12.4 Å². The molecule has 148 valence electrons. The van der Waals surface area contributed by atoms with E-state index in [0.717, 1.165) is 38.1 Å². The molecule has 30 heavy (non-hydrogen) atoms. The number of ether oxygens (including phenoxy) is 3. The first kappa shape index (κ1) is 18.6. The maximum Gasteiger partial charge on any atom is 0.298 e. The monoisotopic (exact) mass is 414 g/mol. The van der Waals surface area contributed by atoms with Crippen LogP contribution in [0.25, 0.3) is 21.9 Å². The summed E-state index contributed by atoms with van der Waals surface area (Å²) in [4.78, 5) is 12.4. The summed E-state index contributed by atoms with van der Waals surface area (Å²) in [6.45, 7) is 0.869. The number of thioether (sulfide) groups is 1. The second-order valence-electron chi connectivity index (χ2n) is 6.85. The third kappa shape index (κ3) is 3.48. The quantitative estimate of drug-likeness (QED) is 0.359. The lowest BCUT2D eigenvalue weighted by molar-refractivity contribution is -0.120. The highest BCUT2D eigenvalue weighted by Gasteiger charge is 2.21. The summed E-state index contributed by atoms with van der Waals surface area (Å²) in [5.41, 5.74) is 2.89. The molecule has 0 amide bonds. The van der Waals surface area contributed by atoms with Crippen molar-refractivity contribution in [1.29, 1.82) is 0 Å². The summed E-state index contributed by atoms with van der Waals surface area (Å²) >= 11 is 1.65. The number of rotatable bonds is 6. The van der Waals surface area contributed by atoms with Gasteiger partial charge in [0.2, 0.25) is 0 Å². The fourth-order valence-electron chi connectivity index (χ4n) is 3.66. The van der Waals surface area contributed by atoms with Crippen LogP contribution in [0.3, 0.4) is 0 Å². The smallest absolute Gasteiger partial charge is 0.298 e. The molecule has 0 aromatic heterocycles. The molecule has 0 unspecified atom stereocenters. The van der Waals surface area contributed by atoms with Gasteiger partial charge in [0.25, 0.3) is 6.47 Å². The van der Waals surface area contributed by atoms with Crippen LogP contribution in [0, 0.1) is 0 Å². The molecule has 0 spiro atoms. The highest BCUT2D eigenvalue weighted by molar-refractivity contribution is 7.99. The fraction of sp³-hybridized carbons (Fsp3) is 0.0800. The molecule has 4 aromatic carbocycles. The van der Waals surface area contributed by atoms with Crippen molar-refractivity contribution >= 4 is 29.0 Å². The second-order valence-corrected chi connectivity index (χ2v) is 7.82. The molecule has 0 aliphatic carbocycles. The van der Waals surface area contributed by atoms with E-state index in [1.807, 2.05) is 66.7 Å².